The third-order valence-corrected chi connectivity index (χ3v) is 5.37. The largest absolute Gasteiger partial charge is 0.320 e. The van der Waals surface area contributed by atoms with Crippen molar-refractivity contribution in [3.8, 4) is 0 Å². The van der Waals surface area contributed by atoms with Crippen molar-refractivity contribution in [2.75, 3.05) is 11.1 Å². The highest BCUT2D eigenvalue weighted by atomic mass is 35.5. The van der Waals surface area contributed by atoms with Crippen molar-refractivity contribution in [1.29, 1.82) is 0 Å². The van der Waals surface area contributed by atoms with Crippen LogP contribution in [0.4, 0.5) is 5.69 Å². The predicted octanol–water partition coefficient (Wildman–Crippen LogP) is 4.96. The van der Waals surface area contributed by atoms with Gasteiger partial charge in [-0.05, 0) is 43.4 Å². The Labute approximate surface area is 168 Å². The van der Waals surface area contributed by atoms with E-state index in [4.69, 9.17) is 11.6 Å². The highest BCUT2D eigenvalue weighted by molar-refractivity contribution is 7.99. The lowest BCUT2D eigenvalue weighted by Crippen LogP contribution is -2.14. The van der Waals surface area contributed by atoms with Crippen LogP contribution in [0, 0.1) is 13.8 Å². The number of carbonyl (C=O) groups excluding carboxylic acids is 1. The number of halogens is 1. The Morgan fingerprint density at radius 2 is 2.00 bits per heavy atom. The number of nitrogens with zero attached hydrogens (tertiary/aromatic N) is 3. The maximum absolute atomic E-state index is 12.8. The minimum absolute atomic E-state index is 0.187. The van der Waals surface area contributed by atoms with Gasteiger partial charge in [-0.25, -0.2) is 4.98 Å². The lowest BCUT2D eigenvalue weighted by atomic mass is 10.1. The summed E-state index contributed by atoms with van der Waals surface area (Å²) in [5.41, 5.74) is 3.69. The predicted molar refractivity (Wildman–Crippen MR) is 111 cm³/mol. The fourth-order valence-corrected chi connectivity index (χ4v) is 3.63. The molecule has 1 N–H and O–H groups in total. The highest BCUT2D eigenvalue weighted by Crippen LogP contribution is 2.21. The van der Waals surface area contributed by atoms with Gasteiger partial charge in [0.25, 0.3) is 5.91 Å². The van der Waals surface area contributed by atoms with Crippen molar-refractivity contribution in [1.82, 2.24) is 14.8 Å². The van der Waals surface area contributed by atoms with Gasteiger partial charge in [0.1, 0.15) is 0 Å². The molecular formula is C20H21ClN4OS. The summed E-state index contributed by atoms with van der Waals surface area (Å²) < 4.78 is 1.81. The number of benzene rings is 1. The van der Waals surface area contributed by atoms with E-state index in [2.05, 4.69) is 22.3 Å². The standard InChI is InChI=1S/C20H21ClN4OS/c1-4-27-18-10-9-16(11-22-18)23-20(26)19-13(2)24-25(14(19)3)12-15-7-5-6-8-17(15)21/h5-11H,4,12H2,1-3H3,(H,23,26). The molecule has 0 bridgehead atoms. The molecule has 3 rings (SSSR count). The van der Waals surface area contributed by atoms with Crippen LogP contribution < -0.4 is 5.32 Å². The number of amides is 1. The SMILES string of the molecule is CCSc1ccc(NC(=O)c2c(C)nn(Cc3ccccc3Cl)c2C)cn1. The molecule has 7 heteroatoms. The lowest BCUT2D eigenvalue weighted by Gasteiger charge is -2.08. The number of carbonyl (C=O) groups is 1. The van der Waals surface area contributed by atoms with Gasteiger partial charge in [-0.1, -0.05) is 36.7 Å². The van der Waals surface area contributed by atoms with E-state index in [0.29, 0.717) is 28.5 Å². The van der Waals surface area contributed by atoms with Crippen LogP contribution in [0.1, 0.15) is 34.2 Å². The molecule has 0 atom stereocenters. The number of aryl methyl sites for hydroxylation is 1. The second-order valence-electron chi connectivity index (χ2n) is 6.07. The van der Waals surface area contributed by atoms with Gasteiger partial charge < -0.3 is 5.32 Å². The van der Waals surface area contributed by atoms with Crippen LogP contribution in [-0.2, 0) is 6.54 Å². The van der Waals surface area contributed by atoms with Crippen LogP contribution in [0.5, 0.6) is 0 Å². The van der Waals surface area contributed by atoms with Crippen LogP contribution in [0.2, 0.25) is 5.02 Å². The van der Waals surface area contributed by atoms with Crippen LogP contribution in [0.15, 0.2) is 47.6 Å². The summed E-state index contributed by atoms with van der Waals surface area (Å²) in [5, 5.41) is 9.06. The minimum atomic E-state index is -0.187. The van der Waals surface area contributed by atoms with Gasteiger partial charge in [-0.3, -0.25) is 9.48 Å². The summed E-state index contributed by atoms with van der Waals surface area (Å²) in [6.07, 6.45) is 1.68. The molecule has 0 radical (unpaired) electrons. The maximum Gasteiger partial charge on any atom is 0.259 e. The number of hydrogen-bond donors (Lipinski definition) is 1. The summed E-state index contributed by atoms with van der Waals surface area (Å²) in [6, 6.07) is 11.4. The Bertz CT molecular complexity index is 953. The minimum Gasteiger partial charge on any atom is -0.320 e. The summed E-state index contributed by atoms with van der Waals surface area (Å²) in [4.78, 5) is 17.1. The number of hydrogen-bond acceptors (Lipinski definition) is 4. The van der Waals surface area contributed by atoms with E-state index in [0.717, 1.165) is 22.0 Å². The smallest absolute Gasteiger partial charge is 0.259 e. The van der Waals surface area contributed by atoms with E-state index >= 15 is 0 Å². The third kappa shape index (κ3) is 4.51. The molecule has 0 saturated heterocycles. The Kier molecular flexibility index (Phi) is 6.19. The highest BCUT2D eigenvalue weighted by Gasteiger charge is 2.19. The van der Waals surface area contributed by atoms with Crippen molar-refractivity contribution in [3.05, 3.63) is 70.1 Å². The number of aromatic nitrogens is 3. The van der Waals surface area contributed by atoms with Gasteiger partial charge in [0.15, 0.2) is 0 Å². The van der Waals surface area contributed by atoms with Crippen LogP contribution in [0.3, 0.4) is 0 Å². The second-order valence-corrected chi connectivity index (χ2v) is 7.76. The molecule has 2 aromatic heterocycles. The fourth-order valence-electron chi connectivity index (χ4n) is 2.85. The summed E-state index contributed by atoms with van der Waals surface area (Å²) in [6.45, 7) is 6.33. The molecule has 3 aromatic rings. The van der Waals surface area contributed by atoms with Crippen LogP contribution in [-0.4, -0.2) is 26.4 Å². The molecule has 0 unspecified atom stereocenters. The van der Waals surface area contributed by atoms with Crippen molar-refractivity contribution >= 4 is 35.0 Å². The van der Waals surface area contributed by atoms with Crippen LogP contribution >= 0.6 is 23.4 Å². The van der Waals surface area contributed by atoms with E-state index in [9.17, 15) is 4.79 Å². The zero-order valence-electron chi connectivity index (χ0n) is 15.5. The van der Waals surface area contributed by atoms with Gasteiger partial charge in [-0.2, -0.15) is 5.10 Å². The number of pyridine rings is 1. The van der Waals surface area contributed by atoms with E-state index in [-0.39, 0.29) is 5.91 Å². The average molecular weight is 401 g/mol. The monoisotopic (exact) mass is 400 g/mol. The lowest BCUT2D eigenvalue weighted by molar-refractivity contribution is 0.102. The Balaban J connectivity index is 1.79. The maximum atomic E-state index is 12.8. The molecule has 0 spiro atoms. The zero-order chi connectivity index (χ0) is 19.4. The second kappa shape index (κ2) is 8.59. The van der Waals surface area contributed by atoms with Crippen molar-refractivity contribution in [2.45, 2.75) is 32.3 Å². The molecule has 0 aliphatic heterocycles. The van der Waals surface area contributed by atoms with Crippen molar-refractivity contribution in [3.63, 3.8) is 0 Å². The molecule has 27 heavy (non-hydrogen) atoms. The first-order chi connectivity index (χ1) is 13.0. The first-order valence-corrected chi connectivity index (χ1v) is 10.0. The molecule has 2 heterocycles. The molecule has 0 fully saturated rings. The molecule has 0 saturated carbocycles. The van der Waals surface area contributed by atoms with E-state index in [1.807, 2.05) is 54.9 Å². The van der Waals surface area contributed by atoms with Crippen molar-refractivity contribution in [2.24, 2.45) is 0 Å². The Hall–Kier alpha value is -2.31. The third-order valence-electron chi connectivity index (χ3n) is 4.17. The topological polar surface area (TPSA) is 59.8 Å². The molecular weight excluding hydrogens is 380 g/mol. The first-order valence-electron chi connectivity index (χ1n) is 8.67. The fraction of sp³-hybridized carbons (Fsp3) is 0.250. The summed E-state index contributed by atoms with van der Waals surface area (Å²) >= 11 is 7.91. The van der Waals surface area contributed by atoms with E-state index in [1.165, 1.54) is 0 Å². The number of anilines is 1. The zero-order valence-corrected chi connectivity index (χ0v) is 17.1. The van der Waals surface area contributed by atoms with E-state index in [1.54, 1.807) is 18.0 Å². The number of thioether (sulfide) groups is 1. The summed E-state index contributed by atoms with van der Waals surface area (Å²) in [7, 11) is 0. The van der Waals surface area contributed by atoms with E-state index < -0.39 is 0 Å². The number of nitrogens with one attached hydrogen (secondary N) is 1. The molecule has 140 valence electrons. The molecule has 5 nitrogen and oxygen atoms in total. The average Bonchev–Trinajstić information content (AvgIpc) is 2.92. The summed E-state index contributed by atoms with van der Waals surface area (Å²) in [5.74, 6) is 0.773. The van der Waals surface area contributed by atoms with Gasteiger partial charge in [-0.15, -0.1) is 11.8 Å². The molecule has 0 aliphatic carbocycles. The molecule has 0 aliphatic rings. The molecule has 1 aromatic carbocycles. The van der Waals surface area contributed by atoms with Crippen molar-refractivity contribution < 1.29 is 4.79 Å². The quantitative estimate of drug-likeness (QED) is 0.594. The Morgan fingerprint density at radius 1 is 1.22 bits per heavy atom. The normalized spacial score (nSPS) is 10.8. The Morgan fingerprint density at radius 3 is 2.67 bits per heavy atom. The first kappa shape index (κ1) is 19.5. The van der Waals surface area contributed by atoms with Gasteiger partial charge in [0, 0.05) is 10.7 Å². The van der Waals surface area contributed by atoms with Crippen LogP contribution in [0.25, 0.3) is 0 Å². The molecule has 1 amide bonds. The van der Waals surface area contributed by atoms with Gasteiger partial charge in [0.05, 0.1) is 34.7 Å². The number of rotatable bonds is 6. The van der Waals surface area contributed by atoms with Gasteiger partial charge in [0.2, 0.25) is 0 Å². The van der Waals surface area contributed by atoms with Gasteiger partial charge >= 0.3 is 0 Å².